The molecule has 2 fully saturated rings. The van der Waals surface area contributed by atoms with E-state index in [0.29, 0.717) is 24.7 Å². The van der Waals surface area contributed by atoms with E-state index in [1.54, 1.807) is 0 Å². The first-order chi connectivity index (χ1) is 11.1. The fourth-order valence-corrected chi connectivity index (χ4v) is 3.65. The molecule has 24 heavy (non-hydrogen) atoms. The average molecular weight is 412 g/mol. The van der Waals surface area contributed by atoms with Gasteiger partial charge in [-0.2, -0.15) is 0 Å². The maximum Gasteiger partial charge on any atom is 0.162 e. The maximum atomic E-state index is 13.2. The van der Waals surface area contributed by atoms with E-state index in [1.165, 1.54) is 44.2 Å². The van der Waals surface area contributed by atoms with Gasteiger partial charge >= 0.3 is 0 Å². The number of hydrogen-bond acceptors (Lipinski definition) is 2. The van der Waals surface area contributed by atoms with E-state index in [0.717, 1.165) is 18.3 Å². The smallest absolute Gasteiger partial charge is 0.162 e. The van der Waals surface area contributed by atoms with Gasteiger partial charge in [0.05, 0.1) is 13.2 Å². The second-order valence-corrected chi connectivity index (χ2v) is 7.18. The van der Waals surface area contributed by atoms with E-state index < -0.39 is 17.9 Å². The first-order valence-corrected chi connectivity index (χ1v) is 8.71. The third-order valence-electron chi connectivity index (χ3n) is 5.18. The summed E-state index contributed by atoms with van der Waals surface area (Å²) in [7, 11) is 0. The molecule has 2 aliphatic rings. The number of benzene rings is 1. The second-order valence-electron chi connectivity index (χ2n) is 7.18. The first kappa shape index (κ1) is 20.4. The van der Waals surface area contributed by atoms with Crippen molar-refractivity contribution in [3.8, 4) is 0 Å². The molecule has 1 aliphatic carbocycles. The molecule has 0 unspecified atom stereocenters. The van der Waals surface area contributed by atoms with Gasteiger partial charge in [-0.1, -0.05) is 44.6 Å². The van der Waals surface area contributed by atoms with Crippen molar-refractivity contribution < 1.29 is 51.0 Å². The Balaban J connectivity index is 0.00000208. The zero-order valence-corrected chi connectivity index (χ0v) is 17.1. The van der Waals surface area contributed by atoms with Gasteiger partial charge < -0.3 is 9.47 Å². The van der Waals surface area contributed by atoms with Crippen LogP contribution in [0.2, 0.25) is 0 Å². The van der Waals surface area contributed by atoms with Gasteiger partial charge in [-0.05, 0) is 18.3 Å². The number of halogens is 2. The Bertz CT molecular complexity index is 490. The Labute approximate surface area is 168 Å². The molecule has 131 valence electrons. The van der Waals surface area contributed by atoms with Crippen LogP contribution in [0.15, 0.2) is 12.1 Å². The van der Waals surface area contributed by atoms with E-state index in [-0.39, 0.29) is 32.7 Å². The van der Waals surface area contributed by atoms with Crippen molar-refractivity contribution in [2.45, 2.75) is 51.7 Å². The SMILES string of the molecule is CC1CCC(CCC2COC(c3cc(F)[c-]c(F)c3)OC2)CC1.[Y]. The van der Waals surface area contributed by atoms with Crippen LogP contribution in [0.3, 0.4) is 0 Å². The molecule has 1 heterocycles. The fraction of sp³-hybridized carbons (Fsp3) is 0.684. The van der Waals surface area contributed by atoms with Crippen molar-refractivity contribution in [3.05, 3.63) is 35.4 Å². The summed E-state index contributed by atoms with van der Waals surface area (Å²) in [6.45, 7) is 3.53. The van der Waals surface area contributed by atoms with Crippen molar-refractivity contribution in [1.29, 1.82) is 0 Å². The minimum atomic E-state index is -0.721. The average Bonchev–Trinajstić information content (AvgIpc) is 2.54. The molecule has 0 spiro atoms. The van der Waals surface area contributed by atoms with Crippen molar-refractivity contribution in [2.24, 2.45) is 17.8 Å². The molecule has 3 rings (SSSR count). The monoisotopic (exact) mass is 412 g/mol. The van der Waals surface area contributed by atoms with E-state index in [1.807, 2.05) is 6.07 Å². The zero-order valence-electron chi connectivity index (χ0n) is 14.3. The Morgan fingerprint density at radius 2 is 1.50 bits per heavy atom. The summed E-state index contributed by atoms with van der Waals surface area (Å²) in [6, 6.07) is 4.41. The minimum Gasteiger partial charge on any atom is -0.350 e. The van der Waals surface area contributed by atoms with Gasteiger partial charge in [-0.15, -0.1) is 18.2 Å². The van der Waals surface area contributed by atoms with Crippen LogP contribution in [-0.4, -0.2) is 13.2 Å². The van der Waals surface area contributed by atoms with Crippen molar-refractivity contribution >= 4 is 0 Å². The van der Waals surface area contributed by atoms with Gasteiger partial charge in [-0.25, -0.2) is 8.78 Å². The maximum absolute atomic E-state index is 13.2. The topological polar surface area (TPSA) is 18.5 Å². The van der Waals surface area contributed by atoms with Crippen LogP contribution in [0.4, 0.5) is 8.78 Å². The van der Waals surface area contributed by atoms with Gasteiger partial charge in [0.2, 0.25) is 0 Å². The van der Waals surface area contributed by atoms with Crippen LogP contribution in [-0.2, 0) is 42.2 Å². The van der Waals surface area contributed by atoms with Crippen LogP contribution in [0.1, 0.15) is 57.3 Å². The van der Waals surface area contributed by atoms with Crippen molar-refractivity contribution in [1.82, 2.24) is 0 Å². The third-order valence-corrected chi connectivity index (χ3v) is 5.18. The van der Waals surface area contributed by atoms with Crippen molar-refractivity contribution in [3.63, 3.8) is 0 Å². The minimum absolute atomic E-state index is 0. The Morgan fingerprint density at radius 3 is 2.08 bits per heavy atom. The molecule has 5 heteroatoms. The quantitative estimate of drug-likeness (QED) is 0.646. The largest absolute Gasteiger partial charge is 0.350 e. The molecule has 1 radical (unpaired) electrons. The molecule has 0 atom stereocenters. The van der Waals surface area contributed by atoms with Crippen LogP contribution >= 0.6 is 0 Å². The number of hydrogen-bond donors (Lipinski definition) is 0. The van der Waals surface area contributed by atoms with Gasteiger partial charge in [0.15, 0.2) is 6.29 Å². The molecule has 1 saturated carbocycles. The molecule has 1 aromatic carbocycles. The van der Waals surface area contributed by atoms with Gasteiger partial charge in [0, 0.05) is 50.3 Å². The van der Waals surface area contributed by atoms with E-state index in [4.69, 9.17) is 9.47 Å². The van der Waals surface area contributed by atoms with E-state index in [9.17, 15) is 8.78 Å². The Hall–Kier alpha value is 0.104. The number of rotatable bonds is 4. The van der Waals surface area contributed by atoms with Crippen LogP contribution in [0.5, 0.6) is 0 Å². The number of ether oxygens (including phenoxy) is 2. The molecule has 1 aromatic rings. The molecule has 0 amide bonds. The van der Waals surface area contributed by atoms with Gasteiger partial charge in [0.25, 0.3) is 0 Å². The fourth-order valence-electron chi connectivity index (χ4n) is 3.65. The van der Waals surface area contributed by atoms with Gasteiger partial charge in [-0.3, -0.25) is 0 Å². The predicted molar refractivity (Wildman–Crippen MR) is 83.7 cm³/mol. The second kappa shape index (κ2) is 9.71. The molecular formula is C19H25F2O2Y-. The molecule has 0 bridgehead atoms. The van der Waals surface area contributed by atoms with Crippen LogP contribution < -0.4 is 0 Å². The zero-order chi connectivity index (χ0) is 16.2. The Kier molecular flexibility index (Phi) is 8.26. The normalized spacial score (nSPS) is 30.6. The Morgan fingerprint density at radius 1 is 0.958 bits per heavy atom. The summed E-state index contributed by atoms with van der Waals surface area (Å²) in [4.78, 5) is 0. The van der Waals surface area contributed by atoms with Crippen LogP contribution in [0.25, 0.3) is 0 Å². The van der Waals surface area contributed by atoms with E-state index >= 15 is 0 Å². The third kappa shape index (κ3) is 5.83. The van der Waals surface area contributed by atoms with E-state index in [2.05, 4.69) is 6.92 Å². The molecule has 0 N–H and O–H groups in total. The molecule has 0 aromatic heterocycles. The standard InChI is InChI=1S/C19H25F2O2.Y/c1-13-2-4-14(5-3-13)6-7-15-11-22-19(23-12-15)16-8-17(20)10-18(21)9-16;/h8-9,13-15,19H,2-7,11-12H2,1H3;/q-1;. The molecular weight excluding hydrogens is 387 g/mol. The molecule has 2 nitrogen and oxygen atoms in total. The summed E-state index contributed by atoms with van der Waals surface area (Å²) in [5, 5.41) is 0. The van der Waals surface area contributed by atoms with Crippen molar-refractivity contribution in [2.75, 3.05) is 13.2 Å². The summed E-state index contributed by atoms with van der Waals surface area (Å²) in [5.74, 6) is 0.673. The summed E-state index contributed by atoms with van der Waals surface area (Å²) in [5.41, 5.74) is 0.387. The summed E-state index contributed by atoms with van der Waals surface area (Å²) >= 11 is 0. The summed E-state index contributed by atoms with van der Waals surface area (Å²) < 4.78 is 37.8. The molecule has 1 aliphatic heterocycles. The van der Waals surface area contributed by atoms with Crippen LogP contribution in [0, 0.1) is 35.5 Å². The van der Waals surface area contributed by atoms with Gasteiger partial charge in [0.1, 0.15) is 0 Å². The first-order valence-electron chi connectivity index (χ1n) is 8.71. The molecule has 1 saturated heterocycles. The summed E-state index contributed by atoms with van der Waals surface area (Å²) in [6.07, 6.45) is 7.07. The predicted octanol–water partition coefficient (Wildman–Crippen LogP) is 5.03.